The predicted octanol–water partition coefficient (Wildman–Crippen LogP) is 2.67. The van der Waals surface area contributed by atoms with Crippen molar-refractivity contribution in [2.24, 2.45) is 0 Å². The third kappa shape index (κ3) is 4.99. The molecule has 0 radical (unpaired) electrons. The second kappa shape index (κ2) is 6.66. The number of carboxylic acid groups (broad SMARTS) is 1. The fraction of sp³-hybridized carbons (Fsp3) is 0.533. The van der Waals surface area contributed by atoms with Crippen molar-refractivity contribution in [2.45, 2.75) is 57.5 Å². The Morgan fingerprint density at radius 3 is 2.36 bits per heavy atom. The molecule has 1 unspecified atom stereocenters. The molecule has 0 aliphatic carbocycles. The van der Waals surface area contributed by atoms with E-state index in [1.165, 1.54) is 18.2 Å². The molecule has 0 amide bonds. The molecule has 7 heteroatoms. The van der Waals surface area contributed by atoms with E-state index in [0.717, 1.165) is 0 Å². The highest BCUT2D eigenvalue weighted by Gasteiger charge is 2.24. The van der Waals surface area contributed by atoms with Crippen molar-refractivity contribution in [1.82, 2.24) is 4.72 Å². The first-order valence-corrected chi connectivity index (χ1v) is 8.62. The number of anilines is 1. The SMILES string of the molecule is CCC(C)NS(=O)(=O)c1cc(C(=O)O)ccc1NC(C)(C)C. The summed E-state index contributed by atoms with van der Waals surface area (Å²) in [6.45, 7) is 9.33. The van der Waals surface area contributed by atoms with Crippen LogP contribution in [0.4, 0.5) is 5.69 Å². The largest absolute Gasteiger partial charge is 0.478 e. The minimum atomic E-state index is -3.81. The van der Waals surface area contributed by atoms with Gasteiger partial charge in [-0.3, -0.25) is 0 Å². The molecule has 1 aromatic rings. The Bertz CT molecular complexity index is 648. The summed E-state index contributed by atoms with van der Waals surface area (Å²) in [5.41, 5.74) is -0.0388. The number of carboxylic acids is 1. The van der Waals surface area contributed by atoms with Gasteiger partial charge < -0.3 is 10.4 Å². The van der Waals surface area contributed by atoms with E-state index in [0.29, 0.717) is 12.1 Å². The Hall–Kier alpha value is -1.60. The Kier molecular flexibility index (Phi) is 5.59. The summed E-state index contributed by atoms with van der Waals surface area (Å²) in [4.78, 5) is 11.1. The number of nitrogens with one attached hydrogen (secondary N) is 2. The standard InChI is InChI=1S/C15H24N2O4S/c1-6-10(2)17-22(20,21)13-9-11(14(18)19)7-8-12(13)16-15(3,4)5/h7-10,16-17H,6H2,1-5H3,(H,18,19). The Morgan fingerprint density at radius 2 is 1.91 bits per heavy atom. The van der Waals surface area contributed by atoms with Gasteiger partial charge in [0.05, 0.1) is 11.3 Å². The molecule has 1 aromatic carbocycles. The van der Waals surface area contributed by atoms with Gasteiger partial charge in [-0.1, -0.05) is 6.92 Å². The van der Waals surface area contributed by atoms with E-state index in [1.54, 1.807) is 6.92 Å². The summed E-state index contributed by atoms with van der Waals surface area (Å²) < 4.78 is 27.6. The van der Waals surface area contributed by atoms with Crippen molar-refractivity contribution in [3.63, 3.8) is 0 Å². The van der Waals surface area contributed by atoms with Gasteiger partial charge in [0.1, 0.15) is 4.90 Å². The lowest BCUT2D eigenvalue weighted by atomic mass is 10.1. The van der Waals surface area contributed by atoms with Crippen LogP contribution in [0.15, 0.2) is 23.1 Å². The number of benzene rings is 1. The molecule has 22 heavy (non-hydrogen) atoms. The third-order valence-electron chi connectivity index (χ3n) is 3.00. The van der Waals surface area contributed by atoms with Crippen LogP contribution in [0.3, 0.4) is 0 Å². The number of rotatable bonds is 6. The maximum Gasteiger partial charge on any atom is 0.335 e. The van der Waals surface area contributed by atoms with Crippen LogP contribution in [0.25, 0.3) is 0 Å². The summed E-state index contributed by atoms with van der Waals surface area (Å²) >= 11 is 0. The van der Waals surface area contributed by atoms with Crippen molar-refractivity contribution < 1.29 is 18.3 Å². The quantitative estimate of drug-likeness (QED) is 0.746. The molecule has 1 atom stereocenters. The molecule has 0 fully saturated rings. The van der Waals surface area contributed by atoms with E-state index in [1.807, 2.05) is 27.7 Å². The van der Waals surface area contributed by atoms with Gasteiger partial charge in [0.25, 0.3) is 0 Å². The van der Waals surface area contributed by atoms with Gasteiger partial charge in [-0.25, -0.2) is 17.9 Å². The molecule has 0 aliphatic rings. The number of hydrogen-bond acceptors (Lipinski definition) is 4. The number of sulfonamides is 1. The second-order valence-electron chi connectivity index (χ2n) is 6.32. The Morgan fingerprint density at radius 1 is 1.32 bits per heavy atom. The third-order valence-corrected chi connectivity index (χ3v) is 4.63. The van der Waals surface area contributed by atoms with Crippen LogP contribution in [-0.2, 0) is 10.0 Å². The summed E-state index contributed by atoms with van der Waals surface area (Å²) in [5, 5.41) is 12.2. The van der Waals surface area contributed by atoms with Crippen molar-refractivity contribution in [3.8, 4) is 0 Å². The fourth-order valence-corrected chi connectivity index (χ4v) is 3.31. The highest BCUT2D eigenvalue weighted by atomic mass is 32.2. The Labute approximate surface area is 132 Å². The van der Waals surface area contributed by atoms with Gasteiger partial charge in [-0.2, -0.15) is 0 Å². The number of aromatic carboxylic acids is 1. The van der Waals surface area contributed by atoms with Crippen LogP contribution in [0.2, 0.25) is 0 Å². The monoisotopic (exact) mass is 328 g/mol. The number of carbonyl (C=O) groups is 1. The maximum absolute atomic E-state index is 12.5. The van der Waals surface area contributed by atoms with Crippen molar-refractivity contribution in [3.05, 3.63) is 23.8 Å². The molecule has 0 saturated carbocycles. The molecule has 0 aliphatic heterocycles. The minimum absolute atomic E-state index is 0.0531. The van der Waals surface area contributed by atoms with Gasteiger partial charge >= 0.3 is 5.97 Å². The van der Waals surface area contributed by atoms with Crippen molar-refractivity contribution >= 4 is 21.7 Å². The first-order valence-electron chi connectivity index (χ1n) is 7.14. The first-order chi connectivity index (χ1) is 9.96. The summed E-state index contributed by atoms with van der Waals surface area (Å²) in [7, 11) is -3.81. The minimum Gasteiger partial charge on any atom is -0.478 e. The van der Waals surface area contributed by atoms with Crippen molar-refractivity contribution in [2.75, 3.05) is 5.32 Å². The molecular formula is C15H24N2O4S. The smallest absolute Gasteiger partial charge is 0.335 e. The highest BCUT2D eigenvalue weighted by Crippen LogP contribution is 2.26. The average Bonchev–Trinajstić information content (AvgIpc) is 2.36. The van der Waals surface area contributed by atoms with Crippen LogP contribution in [-0.4, -0.2) is 31.1 Å². The molecule has 0 bridgehead atoms. The molecule has 0 spiro atoms. The zero-order valence-corrected chi connectivity index (χ0v) is 14.4. The van der Waals surface area contributed by atoms with E-state index in [-0.39, 0.29) is 22.0 Å². The fourth-order valence-electron chi connectivity index (χ4n) is 1.80. The summed E-state index contributed by atoms with van der Waals surface area (Å²) in [5.74, 6) is -1.16. The number of hydrogen-bond donors (Lipinski definition) is 3. The van der Waals surface area contributed by atoms with Crippen LogP contribution < -0.4 is 10.0 Å². The van der Waals surface area contributed by atoms with Crippen LogP contribution in [0.1, 0.15) is 51.4 Å². The highest BCUT2D eigenvalue weighted by molar-refractivity contribution is 7.89. The molecule has 0 saturated heterocycles. The average molecular weight is 328 g/mol. The molecule has 6 nitrogen and oxygen atoms in total. The van der Waals surface area contributed by atoms with E-state index in [9.17, 15) is 13.2 Å². The van der Waals surface area contributed by atoms with Gasteiger partial charge in [-0.05, 0) is 52.3 Å². The van der Waals surface area contributed by atoms with Crippen LogP contribution >= 0.6 is 0 Å². The maximum atomic E-state index is 12.5. The molecule has 3 N–H and O–H groups in total. The molecule has 1 rings (SSSR count). The van der Waals surface area contributed by atoms with Crippen LogP contribution in [0, 0.1) is 0 Å². The summed E-state index contributed by atoms with van der Waals surface area (Å²) in [6.07, 6.45) is 0.639. The van der Waals surface area contributed by atoms with Gasteiger partial charge in [-0.15, -0.1) is 0 Å². The first kappa shape index (κ1) is 18.4. The van der Waals surface area contributed by atoms with Gasteiger partial charge in [0, 0.05) is 11.6 Å². The predicted molar refractivity (Wildman–Crippen MR) is 86.9 cm³/mol. The topological polar surface area (TPSA) is 95.5 Å². The van der Waals surface area contributed by atoms with Crippen molar-refractivity contribution in [1.29, 1.82) is 0 Å². The zero-order valence-electron chi connectivity index (χ0n) is 13.6. The zero-order chi connectivity index (χ0) is 17.1. The van der Waals surface area contributed by atoms with Gasteiger partial charge in [0.15, 0.2) is 0 Å². The molecule has 124 valence electrons. The lowest BCUT2D eigenvalue weighted by Gasteiger charge is -2.24. The lowest BCUT2D eigenvalue weighted by molar-refractivity contribution is 0.0696. The molecular weight excluding hydrogens is 304 g/mol. The summed E-state index contributed by atoms with van der Waals surface area (Å²) in [6, 6.07) is 3.82. The Balaban J connectivity index is 3.39. The second-order valence-corrected chi connectivity index (χ2v) is 8.00. The molecule has 0 heterocycles. The van der Waals surface area contributed by atoms with E-state index >= 15 is 0 Å². The van der Waals surface area contributed by atoms with E-state index in [2.05, 4.69) is 10.0 Å². The normalized spacial score (nSPS) is 13.7. The molecule has 0 aromatic heterocycles. The lowest BCUT2D eigenvalue weighted by Crippen LogP contribution is -2.34. The van der Waals surface area contributed by atoms with Crippen LogP contribution in [0.5, 0.6) is 0 Å². The van der Waals surface area contributed by atoms with Gasteiger partial charge in [0.2, 0.25) is 10.0 Å². The van der Waals surface area contributed by atoms with E-state index < -0.39 is 16.0 Å². The van der Waals surface area contributed by atoms with E-state index in [4.69, 9.17) is 5.11 Å².